The Morgan fingerprint density at radius 3 is 2.25 bits per heavy atom. The fourth-order valence-corrected chi connectivity index (χ4v) is 3.61. The highest BCUT2D eigenvalue weighted by atomic mass is 35.5. The molecule has 7 heteroatoms. The minimum Gasteiger partial charge on any atom is -0.396 e. The second-order valence-corrected chi connectivity index (χ2v) is 7.32. The molecule has 0 unspecified atom stereocenters. The van der Waals surface area contributed by atoms with Gasteiger partial charge in [-0.25, -0.2) is 9.97 Å². The molecule has 0 radical (unpaired) electrons. The number of hydrogen-bond acceptors (Lipinski definition) is 5. The first-order valence-electron chi connectivity index (χ1n) is 8.73. The third-order valence-corrected chi connectivity index (χ3v) is 5.48. The molecule has 4 rings (SSSR count). The van der Waals surface area contributed by atoms with Crippen molar-refractivity contribution in [2.75, 3.05) is 24.6 Å². The van der Waals surface area contributed by atoms with Crippen molar-refractivity contribution in [1.29, 1.82) is 0 Å². The Labute approximate surface area is 156 Å². The maximum atomic E-state index is 9.30. The molecular formula is C17H28Cl2N4O. The lowest BCUT2D eigenvalue weighted by atomic mass is 9.78. The van der Waals surface area contributed by atoms with Crippen LogP contribution in [0.1, 0.15) is 61.9 Å². The van der Waals surface area contributed by atoms with Crippen molar-refractivity contribution >= 4 is 30.6 Å². The van der Waals surface area contributed by atoms with Crippen molar-refractivity contribution in [3.8, 4) is 0 Å². The average molecular weight is 375 g/mol. The number of hydrogen-bond donors (Lipinski definition) is 2. The van der Waals surface area contributed by atoms with Crippen LogP contribution in [0.15, 0.2) is 6.07 Å². The molecule has 1 aliphatic heterocycles. The van der Waals surface area contributed by atoms with Gasteiger partial charge in [-0.1, -0.05) is 0 Å². The molecule has 1 aromatic heterocycles. The van der Waals surface area contributed by atoms with E-state index in [1.807, 2.05) is 0 Å². The minimum atomic E-state index is 0. The second kappa shape index (κ2) is 8.17. The van der Waals surface area contributed by atoms with Crippen molar-refractivity contribution in [2.45, 2.75) is 56.4 Å². The molecule has 136 valence electrons. The average Bonchev–Trinajstić information content (AvgIpc) is 3.36. The monoisotopic (exact) mass is 374 g/mol. The van der Waals surface area contributed by atoms with Crippen molar-refractivity contribution in [2.24, 2.45) is 11.7 Å². The molecule has 0 atom stereocenters. The summed E-state index contributed by atoms with van der Waals surface area (Å²) in [6, 6.07) is 2.55. The quantitative estimate of drug-likeness (QED) is 0.846. The first-order chi connectivity index (χ1) is 10.7. The largest absolute Gasteiger partial charge is 0.396 e. The number of aliphatic hydroxyl groups excluding tert-OH is 1. The molecule has 0 aromatic carbocycles. The number of nitrogens with two attached hydrogens (primary N) is 1. The van der Waals surface area contributed by atoms with E-state index in [-0.39, 0.29) is 24.8 Å². The van der Waals surface area contributed by atoms with E-state index in [4.69, 9.17) is 15.7 Å². The zero-order chi connectivity index (χ0) is 15.1. The van der Waals surface area contributed by atoms with Crippen LogP contribution in [0, 0.1) is 5.92 Å². The van der Waals surface area contributed by atoms with Gasteiger partial charge in [0.05, 0.1) is 0 Å². The predicted octanol–water partition coefficient (Wildman–Crippen LogP) is 2.61. The van der Waals surface area contributed by atoms with Gasteiger partial charge in [-0.3, -0.25) is 0 Å². The number of aromatic nitrogens is 2. The molecule has 0 spiro atoms. The molecule has 3 fully saturated rings. The van der Waals surface area contributed by atoms with Gasteiger partial charge in [0.1, 0.15) is 11.6 Å². The van der Waals surface area contributed by atoms with Gasteiger partial charge in [-0.15, -0.1) is 24.8 Å². The lowest BCUT2D eigenvalue weighted by molar-refractivity contribution is 0.202. The molecule has 2 aliphatic carbocycles. The predicted molar refractivity (Wildman–Crippen MR) is 100 cm³/mol. The zero-order valence-corrected chi connectivity index (χ0v) is 15.6. The summed E-state index contributed by atoms with van der Waals surface area (Å²) in [6.45, 7) is 2.31. The summed E-state index contributed by atoms with van der Waals surface area (Å²) in [4.78, 5) is 12.1. The molecule has 0 amide bonds. The minimum absolute atomic E-state index is 0. The molecule has 24 heavy (non-hydrogen) atoms. The summed E-state index contributed by atoms with van der Waals surface area (Å²) in [7, 11) is 0. The Hall–Kier alpha value is -0.620. The molecule has 5 nitrogen and oxygen atoms in total. The highest BCUT2D eigenvalue weighted by Crippen LogP contribution is 2.41. The standard InChI is InChI=1S/C17H26N4O.2ClH/c18-14-7-13(8-14)15-9-16(20-17(19-15)12-1-2-12)21-5-3-11(10-22)4-6-21;;/h9,11-14,22H,1-8,10,18H2;2*1H. The van der Waals surface area contributed by atoms with E-state index in [2.05, 4.69) is 11.0 Å². The number of rotatable bonds is 4. The van der Waals surface area contributed by atoms with Gasteiger partial charge in [-0.2, -0.15) is 0 Å². The molecule has 2 heterocycles. The lowest BCUT2D eigenvalue weighted by Gasteiger charge is -2.35. The Morgan fingerprint density at radius 1 is 1.04 bits per heavy atom. The Balaban J connectivity index is 0.00000104. The van der Waals surface area contributed by atoms with Crippen molar-refractivity contribution in [3.05, 3.63) is 17.6 Å². The fraction of sp³-hybridized carbons (Fsp3) is 0.765. The van der Waals surface area contributed by atoms with Gasteiger partial charge in [0.15, 0.2) is 0 Å². The number of nitrogens with zero attached hydrogens (tertiary/aromatic N) is 3. The summed E-state index contributed by atoms with van der Waals surface area (Å²) < 4.78 is 0. The van der Waals surface area contributed by atoms with Crippen molar-refractivity contribution < 1.29 is 5.11 Å². The molecule has 2 saturated carbocycles. The van der Waals surface area contributed by atoms with E-state index in [0.29, 0.717) is 30.4 Å². The van der Waals surface area contributed by atoms with Gasteiger partial charge >= 0.3 is 0 Å². The van der Waals surface area contributed by atoms with E-state index in [1.165, 1.54) is 18.5 Å². The number of aliphatic hydroxyl groups is 1. The first-order valence-corrected chi connectivity index (χ1v) is 8.73. The summed E-state index contributed by atoms with van der Waals surface area (Å²) >= 11 is 0. The van der Waals surface area contributed by atoms with Crippen molar-refractivity contribution in [1.82, 2.24) is 9.97 Å². The molecular weight excluding hydrogens is 347 g/mol. The van der Waals surface area contributed by atoms with Crippen molar-refractivity contribution in [3.63, 3.8) is 0 Å². The number of anilines is 1. The van der Waals surface area contributed by atoms with Crippen LogP contribution >= 0.6 is 24.8 Å². The second-order valence-electron chi connectivity index (χ2n) is 7.32. The SMILES string of the molecule is Cl.Cl.NC1CC(c2cc(N3CCC(CO)CC3)nc(C3CC3)n2)C1. The van der Waals surface area contributed by atoms with Crippen LogP contribution in [0.2, 0.25) is 0 Å². The molecule has 1 saturated heterocycles. The smallest absolute Gasteiger partial charge is 0.134 e. The third kappa shape index (κ3) is 4.13. The molecule has 3 N–H and O–H groups in total. The van der Waals surface area contributed by atoms with Crippen LogP contribution in [0.4, 0.5) is 5.82 Å². The normalized spacial score (nSPS) is 27.0. The summed E-state index contributed by atoms with van der Waals surface area (Å²) in [5.41, 5.74) is 7.16. The molecule has 1 aromatic rings. The summed E-state index contributed by atoms with van der Waals surface area (Å²) in [5, 5.41) is 9.30. The Bertz CT molecular complexity index is 541. The highest BCUT2D eigenvalue weighted by molar-refractivity contribution is 5.85. The third-order valence-electron chi connectivity index (χ3n) is 5.48. The van der Waals surface area contributed by atoms with Crippen LogP contribution in [0.3, 0.4) is 0 Å². The van der Waals surface area contributed by atoms with Crippen LogP contribution in [-0.2, 0) is 0 Å². The van der Waals surface area contributed by atoms with Crippen LogP contribution in [0.5, 0.6) is 0 Å². The lowest BCUT2D eigenvalue weighted by Crippen LogP contribution is -2.37. The molecule has 0 bridgehead atoms. The Kier molecular flexibility index (Phi) is 6.71. The van der Waals surface area contributed by atoms with Gasteiger partial charge in [0.25, 0.3) is 0 Å². The van der Waals surface area contributed by atoms with Gasteiger partial charge in [0, 0.05) is 49.3 Å². The summed E-state index contributed by atoms with van der Waals surface area (Å²) in [5.74, 6) is 3.73. The molecule has 3 aliphatic rings. The van der Waals surface area contributed by atoms with Crippen LogP contribution in [-0.4, -0.2) is 40.8 Å². The zero-order valence-electron chi connectivity index (χ0n) is 13.9. The topological polar surface area (TPSA) is 75.3 Å². The van der Waals surface area contributed by atoms with E-state index in [0.717, 1.165) is 50.4 Å². The first kappa shape index (κ1) is 19.7. The maximum Gasteiger partial charge on any atom is 0.134 e. The maximum absolute atomic E-state index is 9.30. The van der Waals surface area contributed by atoms with E-state index >= 15 is 0 Å². The van der Waals surface area contributed by atoms with E-state index in [1.54, 1.807) is 0 Å². The summed E-state index contributed by atoms with van der Waals surface area (Å²) in [6.07, 6.45) is 6.71. The highest BCUT2D eigenvalue weighted by Gasteiger charge is 2.33. The van der Waals surface area contributed by atoms with E-state index < -0.39 is 0 Å². The van der Waals surface area contributed by atoms with Crippen LogP contribution in [0.25, 0.3) is 0 Å². The van der Waals surface area contributed by atoms with Crippen LogP contribution < -0.4 is 10.6 Å². The fourth-order valence-electron chi connectivity index (χ4n) is 3.61. The van der Waals surface area contributed by atoms with Gasteiger partial charge < -0.3 is 15.7 Å². The van der Waals surface area contributed by atoms with Gasteiger partial charge in [0.2, 0.25) is 0 Å². The van der Waals surface area contributed by atoms with E-state index in [9.17, 15) is 5.11 Å². The number of piperidine rings is 1. The Morgan fingerprint density at radius 2 is 1.71 bits per heavy atom. The van der Waals surface area contributed by atoms with Gasteiger partial charge in [-0.05, 0) is 44.4 Å². The number of halogens is 2.